The number of unbranched alkanes of at least 4 members (excludes halogenated alkanes) is 1. The van der Waals surface area contributed by atoms with E-state index in [0.29, 0.717) is 15.1 Å². The fourth-order valence-electron chi connectivity index (χ4n) is 2.45. The number of thiocarbonyl (C=S) groups is 1. The molecule has 1 amide bonds. The molecule has 1 atom stereocenters. The summed E-state index contributed by atoms with van der Waals surface area (Å²) in [7, 11) is 0. The average molecular weight is 335 g/mol. The molecule has 118 valence electrons. The number of hydrogen-bond donors (Lipinski definition) is 0. The SMILES string of the molecule is CCCC[C@H](CC)CN1C(=O)/C(=C\c2cccnc2)SC1=S. The zero-order valence-electron chi connectivity index (χ0n) is 13.1. The van der Waals surface area contributed by atoms with Gasteiger partial charge in [0.2, 0.25) is 0 Å². The molecule has 1 fully saturated rings. The van der Waals surface area contributed by atoms with Crippen molar-refractivity contribution in [3.05, 3.63) is 35.0 Å². The molecule has 0 aromatic carbocycles. The number of pyridine rings is 1. The van der Waals surface area contributed by atoms with Crippen LogP contribution >= 0.6 is 24.0 Å². The highest BCUT2D eigenvalue weighted by molar-refractivity contribution is 8.26. The maximum atomic E-state index is 12.6. The zero-order valence-corrected chi connectivity index (χ0v) is 14.8. The van der Waals surface area contributed by atoms with Crippen molar-refractivity contribution in [1.29, 1.82) is 0 Å². The van der Waals surface area contributed by atoms with Crippen LogP contribution in [0.5, 0.6) is 0 Å². The maximum Gasteiger partial charge on any atom is 0.266 e. The highest BCUT2D eigenvalue weighted by atomic mass is 32.2. The van der Waals surface area contributed by atoms with E-state index in [1.165, 1.54) is 24.6 Å². The lowest BCUT2D eigenvalue weighted by atomic mass is 9.99. The van der Waals surface area contributed by atoms with Gasteiger partial charge in [-0.25, -0.2) is 0 Å². The maximum absolute atomic E-state index is 12.6. The van der Waals surface area contributed by atoms with Gasteiger partial charge >= 0.3 is 0 Å². The van der Waals surface area contributed by atoms with E-state index < -0.39 is 0 Å². The third-order valence-corrected chi connectivity index (χ3v) is 5.22. The molecule has 0 saturated carbocycles. The van der Waals surface area contributed by atoms with E-state index in [-0.39, 0.29) is 5.91 Å². The second-order valence-corrected chi connectivity index (χ2v) is 7.17. The number of carbonyl (C=O) groups is 1. The molecule has 5 heteroatoms. The first kappa shape index (κ1) is 17.2. The molecule has 2 rings (SSSR count). The van der Waals surface area contributed by atoms with Crippen molar-refractivity contribution in [3.8, 4) is 0 Å². The summed E-state index contributed by atoms with van der Waals surface area (Å²) in [4.78, 5) is 19.1. The van der Waals surface area contributed by atoms with Crippen LogP contribution in [0.15, 0.2) is 29.4 Å². The van der Waals surface area contributed by atoms with E-state index in [4.69, 9.17) is 12.2 Å². The fraction of sp³-hybridized carbons (Fsp3) is 0.471. The van der Waals surface area contributed by atoms with Crippen LogP contribution in [0.4, 0.5) is 0 Å². The number of aromatic nitrogens is 1. The van der Waals surface area contributed by atoms with Gasteiger partial charge in [-0.1, -0.05) is 63.2 Å². The second-order valence-electron chi connectivity index (χ2n) is 5.50. The molecule has 1 saturated heterocycles. The summed E-state index contributed by atoms with van der Waals surface area (Å²) in [5, 5.41) is 0. The Kier molecular flexibility index (Phi) is 6.58. The van der Waals surface area contributed by atoms with E-state index in [2.05, 4.69) is 18.8 Å². The number of amides is 1. The van der Waals surface area contributed by atoms with Crippen LogP contribution in [0, 0.1) is 5.92 Å². The standard InChI is InChI=1S/C17H22N2OS2/c1-3-5-7-13(4-2)12-19-16(20)15(22-17(19)21)10-14-8-6-9-18-11-14/h6,8-11,13H,3-5,7,12H2,1-2H3/b15-10+/t13-/m0/s1. The Morgan fingerprint density at radius 2 is 2.27 bits per heavy atom. The molecule has 22 heavy (non-hydrogen) atoms. The average Bonchev–Trinajstić information content (AvgIpc) is 2.79. The van der Waals surface area contributed by atoms with Crippen molar-refractivity contribution >= 4 is 40.3 Å². The van der Waals surface area contributed by atoms with Crippen molar-refractivity contribution in [2.45, 2.75) is 39.5 Å². The summed E-state index contributed by atoms with van der Waals surface area (Å²) in [5.74, 6) is 0.564. The molecule has 3 nitrogen and oxygen atoms in total. The van der Waals surface area contributed by atoms with Crippen molar-refractivity contribution in [2.24, 2.45) is 5.92 Å². The minimum absolute atomic E-state index is 0.0359. The fourth-order valence-corrected chi connectivity index (χ4v) is 3.72. The smallest absolute Gasteiger partial charge is 0.266 e. The number of thioether (sulfide) groups is 1. The van der Waals surface area contributed by atoms with Gasteiger partial charge in [-0.05, 0) is 30.0 Å². The highest BCUT2D eigenvalue weighted by Crippen LogP contribution is 2.33. The van der Waals surface area contributed by atoms with Gasteiger partial charge in [-0.15, -0.1) is 0 Å². The lowest BCUT2D eigenvalue weighted by Crippen LogP contribution is -2.33. The summed E-state index contributed by atoms with van der Waals surface area (Å²) >= 11 is 6.80. The summed E-state index contributed by atoms with van der Waals surface area (Å²) in [6, 6.07) is 3.81. The molecule has 0 bridgehead atoms. The molecule has 0 spiro atoms. The minimum atomic E-state index is 0.0359. The molecule has 1 aliphatic heterocycles. The lowest BCUT2D eigenvalue weighted by Gasteiger charge is -2.21. The molecule has 1 aromatic rings. The van der Waals surface area contributed by atoms with Crippen molar-refractivity contribution in [2.75, 3.05) is 6.54 Å². The zero-order chi connectivity index (χ0) is 15.9. The quantitative estimate of drug-likeness (QED) is 0.543. The monoisotopic (exact) mass is 334 g/mol. The van der Waals surface area contributed by atoms with Crippen LogP contribution in [0.3, 0.4) is 0 Å². The Morgan fingerprint density at radius 1 is 1.45 bits per heavy atom. The first-order chi connectivity index (χ1) is 10.7. The third-order valence-electron chi connectivity index (χ3n) is 3.84. The molecule has 0 unspecified atom stereocenters. The van der Waals surface area contributed by atoms with E-state index in [9.17, 15) is 4.79 Å². The molecule has 1 aliphatic rings. The summed E-state index contributed by atoms with van der Waals surface area (Å²) < 4.78 is 0.676. The van der Waals surface area contributed by atoms with Crippen LogP contribution < -0.4 is 0 Å². The minimum Gasteiger partial charge on any atom is -0.293 e. The van der Waals surface area contributed by atoms with Gasteiger partial charge in [0.25, 0.3) is 5.91 Å². The molecular formula is C17H22N2OS2. The Hall–Kier alpha value is -1.20. The van der Waals surface area contributed by atoms with Crippen LogP contribution in [-0.2, 0) is 4.79 Å². The third kappa shape index (κ3) is 4.40. The Balaban J connectivity index is 2.07. The van der Waals surface area contributed by atoms with E-state index in [1.807, 2.05) is 18.2 Å². The number of carbonyl (C=O) groups excluding carboxylic acids is 1. The normalized spacial score (nSPS) is 18.3. The molecule has 0 N–H and O–H groups in total. The number of nitrogens with zero attached hydrogens (tertiary/aromatic N) is 2. The summed E-state index contributed by atoms with van der Waals surface area (Å²) in [6.45, 7) is 5.12. The molecule has 0 aliphatic carbocycles. The van der Waals surface area contributed by atoms with Gasteiger partial charge in [0.1, 0.15) is 4.32 Å². The van der Waals surface area contributed by atoms with Crippen LogP contribution in [0.2, 0.25) is 0 Å². The van der Waals surface area contributed by atoms with Crippen molar-refractivity contribution in [3.63, 3.8) is 0 Å². The predicted molar refractivity (Wildman–Crippen MR) is 97.4 cm³/mol. The topological polar surface area (TPSA) is 33.2 Å². The first-order valence-corrected chi connectivity index (χ1v) is 9.03. The van der Waals surface area contributed by atoms with Gasteiger partial charge in [-0.3, -0.25) is 14.7 Å². The summed E-state index contributed by atoms with van der Waals surface area (Å²) in [6.07, 6.45) is 9.99. The van der Waals surface area contributed by atoms with Gasteiger partial charge in [0.15, 0.2) is 0 Å². The second kappa shape index (κ2) is 8.44. The van der Waals surface area contributed by atoms with Gasteiger partial charge in [0.05, 0.1) is 4.91 Å². The Labute approximate surface area is 142 Å². The molecule has 2 heterocycles. The largest absolute Gasteiger partial charge is 0.293 e. The number of hydrogen-bond acceptors (Lipinski definition) is 4. The predicted octanol–water partition coefficient (Wildman–Crippen LogP) is 4.50. The Bertz CT molecular complexity index is 557. The van der Waals surface area contributed by atoms with Crippen LogP contribution in [-0.4, -0.2) is 26.7 Å². The van der Waals surface area contributed by atoms with Gasteiger partial charge in [-0.2, -0.15) is 0 Å². The lowest BCUT2D eigenvalue weighted by molar-refractivity contribution is -0.122. The van der Waals surface area contributed by atoms with Crippen molar-refractivity contribution < 1.29 is 4.79 Å². The van der Waals surface area contributed by atoms with E-state index in [0.717, 1.165) is 24.9 Å². The van der Waals surface area contributed by atoms with Crippen molar-refractivity contribution in [1.82, 2.24) is 9.88 Å². The van der Waals surface area contributed by atoms with Crippen LogP contribution in [0.1, 0.15) is 45.1 Å². The molecular weight excluding hydrogens is 312 g/mol. The first-order valence-electron chi connectivity index (χ1n) is 7.81. The van der Waals surface area contributed by atoms with Crippen LogP contribution in [0.25, 0.3) is 6.08 Å². The van der Waals surface area contributed by atoms with E-state index in [1.54, 1.807) is 17.3 Å². The number of rotatable bonds is 7. The van der Waals surface area contributed by atoms with Gasteiger partial charge in [0, 0.05) is 18.9 Å². The molecule has 0 radical (unpaired) electrons. The highest BCUT2D eigenvalue weighted by Gasteiger charge is 2.33. The summed E-state index contributed by atoms with van der Waals surface area (Å²) in [5.41, 5.74) is 0.932. The van der Waals surface area contributed by atoms with Gasteiger partial charge < -0.3 is 0 Å². The molecule has 1 aromatic heterocycles. The van der Waals surface area contributed by atoms with E-state index >= 15 is 0 Å². The Morgan fingerprint density at radius 3 is 2.91 bits per heavy atom.